The SMILES string of the molecule is C=C/C=C(\C=C)c1c(-c2ccccc2)c2sc(-c3ccc(-c4ccc(-c5ccccc5)cc4)cc3)c(-c3ccccc3)c2c2ccccc12. The van der Waals surface area contributed by atoms with E-state index in [0.29, 0.717) is 0 Å². The summed E-state index contributed by atoms with van der Waals surface area (Å²) in [7, 11) is 0. The second kappa shape index (κ2) is 13.2. The number of allylic oxidation sites excluding steroid dienone is 4. The average Bonchev–Trinajstić information content (AvgIpc) is 3.58. The fraction of sp³-hybridized carbons (Fsp3) is 0. The van der Waals surface area contributed by atoms with E-state index < -0.39 is 0 Å². The molecule has 0 bridgehead atoms. The van der Waals surface area contributed by atoms with Crippen molar-refractivity contribution >= 4 is 37.8 Å². The van der Waals surface area contributed by atoms with Gasteiger partial charge in [-0.15, -0.1) is 11.3 Å². The minimum atomic E-state index is 1.06. The molecule has 0 aliphatic rings. The summed E-state index contributed by atoms with van der Waals surface area (Å²) in [5.74, 6) is 0. The molecule has 0 saturated carbocycles. The van der Waals surface area contributed by atoms with Crippen LogP contribution in [0, 0.1) is 0 Å². The van der Waals surface area contributed by atoms with Crippen LogP contribution >= 0.6 is 11.3 Å². The van der Waals surface area contributed by atoms with Crippen LogP contribution in [0.2, 0.25) is 0 Å². The van der Waals surface area contributed by atoms with Gasteiger partial charge in [0.25, 0.3) is 0 Å². The van der Waals surface area contributed by atoms with Crippen LogP contribution in [0.15, 0.2) is 195 Å². The van der Waals surface area contributed by atoms with Gasteiger partial charge < -0.3 is 0 Å². The van der Waals surface area contributed by atoms with Crippen LogP contribution in [0.25, 0.3) is 81.4 Å². The van der Waals surface area contributed by atoms with Gasteiger partial charge >= 0.3 is 0 Å². The van der Waals surface area contributed by atoms with Crippen molar-refractivity contribution in [3.63, 3.8) is 0 Å². The summed E-state index contributed by atoms with van der Waals surface area (Å²) in [6.45, 7) is 8.28. The highest BCUT2D eigenvalue weighted by atomic mass is 32.1. The Kier molecular flexibility index (Phi) is 8.19. The Morgan fingerprint density at radius 3 is 1.37 bits per heavy atom. The molecular formula is C48H34S. The van der Waals surface area contributed by atoms with E-state index in [1.165, 1.54) is 81.4 Å². The Labute approximate surface area is 292 Å². The number of hydrogen-bond donors (Lipinski definition) is 0. The van der Waals surface area contributed by atoms with Crippen molar-refractivity contribution in [2.24, 2.45) is 0 Å². The highest BCUT2D eigenvalue weighted by molar-refractivity contribution is 7.23. The molecule has 0 aliphatic carbocycles. The van der Waals surface area contributed by atoms with Gasteiger partial charge in [0, 0.05) is 26.1 Å². The van der Waals surface area contributed by atoms with Crippen LogP contribution in [0.4, 0.5) is 0 Å². The molecule has 0 saturated heterocycles. The topological polar surface area (TPSA) is 0 Å². The second-order valence-electron chi connectivity index (χ2n) is 12.1. The van der Waals surface area contributed by atoms with Gasteiger partial charge in [-0.25, -0.2) is 0 Å². The molecule has 1 heteroatoms. The zero-order chi connectivity index (χ0) is 33.2. The van der Waals surface area contributed by atoms with Crippen LogP contribution in [-0.2, 0) is 0 Å². The van der Waals surface area contributed by atoms with Crippen molar-refractivity contribution in [2.75, 3.05) is 0 Å². The predicted octanol–water partition coefficient (Wildman–Crippen LogP) is 14.1. The Hall–Kier alpha value is -6.02. The van der Waals surface area contributed by atoms with E-state index in [4.69, 9.17) is 0 Å². The first-order valence-corrected chi connectivity index (χ1v) is 17.4. The largest absolute Gasteiger partial charge is 0.134 e. The maximum atomic E-state index is 4.24. The van der Waals surface area contributed by atoms with Crippen molar-refractivity contribution in [1.29, 1.82) is 0 Å². The van der Waals surface area contributed by atoms with E-state index >= 15 is 0 Å². The quantitative estimate of drug-likeness (QED) is 0.145. The second-order valence-corrected chi connectivity index (χ2v) is 13.1. The normalized spacial score (nSPS) is 11.6. The Morgan fingerprint density at radius 2 is 0.857 bits per heavy atom. The summed E-state index contributed by atoms with van der Waals surface area (Å²) in [6, 6.07) is 59.0. The maximum Gasteiger partial charge on any atom is 0.0446 e. The number of fused-ring (bicyclic) bond motifs is 3. The van der Waals surface area contributed by atoms with Gasteiger partial charge in [0.2, 0.25) is 0 Å². The summed E-state index contributed by atoms with van der Waals surface area (Å²) in [5, 5.41) is 3.73. The molecule has 1 aromatic heterocycles. The Balaban J connectivity index is 1.38. The molecule has 8 aromatic rings. The van der Waals surface area contributed by atoms with Crippen molar-refractivity contribution in [3.05, 3.63) is 201 Å². The standard InChI is InChI=1S/C48H34S/c1-3-16-33(4-2)43-41-23-14-15-24-42(41)46-45(39-21-12-7-13-22-39)47(49-48(46)44(43)38-19-10-6-11-20-38)40-31-29-37(30-32-40)36-27-25-35(26-28-36)34-17-8-5-9-18-34/h3-32H,1-2H2/b33-16+. The third-order valence-corrected chi connectivity index (χ3v) is 10.5. The van der Waals surface area contributed by atoms with Gasteiger partial charge in [-0.3, -0.25) is 0 Å². The molecule has 0 radical (unpaired) electrons. The molecule has 0 atom stereocenters. The zero-order valence-corrected chi connectivity index (χ0v) is 28.0. The van der Waals surface area contributed by atoms with Crippen LogP contribution in [0.1, 0.15) is 5.56 Å². The van der Waals surface area contributed by atoms with E-state index in [1.807, 2.05) is 23.5 Å². The first-order chi connectivity index (χ1) is 24.2. The van der Waals surface area contributed by atoms with Crippen molar-refractivity contribution < 1.29 is 0 Å². The number of thiophene rings is 1. The molecule has 0 fully saturated rings. The van der Waals surface area contributed by atoms with Crippen LogP contribution in [-0.4, -0.2) is 0 Å². The smallest absolute Gasteiger partial charge is 0.0446 e. The Morgan fingerprint density at radius 1 is 0.429 bits per heavy atom. The Bertz CT molecular complexity index is 2460. The first kappa shape index (κ1) is 30.3. The lowest BCUT2D eigenvalue weighted by Gasteiger charge is -2.17. The van der Waals surface area contributed by atoms with Crippen molar-refractivity contribution in [2.45, 2.75) is 0 Å². The number of hydrogen-bond acceptors (Lipinski definition) is 1. The van der Waals surface area contributed by atoms with E-state index in [0.717, 1.165) is 5.57 Å². The molecule has 7 aromatic carbocycles. The predicted molar refractivity (Wildman–Crippen MR) is 215 cm³/mol. The van der Waals surface area contributed by atoms with Crippen LogP contribution in [0.5, 0.6) is 0 Å². The van der Waals surface area contributed by atoms with Crippen molar-refractivity contribution in [3.8, 4) is 54.9 Å². The van der Waals surface area contributed by atoms with E-state index in [-0.39, 0.29) is 0 Å². The van der Waals surface area contributed by atoms with E-state index in [9.17, 15) is 0 Å². The molecule has 0 nitrogen and oxygen atoms in total. The molecule has 1 heterocycles. The molecule has 0 aliphatic heterocycles. The van der Waals surface area contributed by atoms with Crippen molar-refractivity contribution in [1.82, 2.24) is 0 Å². The third-order valence-electron chi connectivity index (χ3n) is 9.25. The molecule has 8 rings (SSSR count). The summed E-state index contributed by atoms with van der Waals surface area (Å²) in [6.07, 6.45) is 5.89. The highest BCUT2D eigenvalue weighted by Crippen LogP contribution is 2.53. The maximum absolute atomic E-state index is 4.24. The van der Waals surface area contributed by atoms with Crippen LogP contribution in [0.3, 0.4) is 0 Å². The molecular weight excluding hydrogens is 609 g/mol. The lowest BCUT2D eigenvalue weighted by molar-refractivity contribution is 1.59. The molecule has 49 heavy (non-hydrogen) atoms. The lowest BCUT2D eigenvalue weighted by atomic mass is 9.85. The average molecular weight is 643 g/mol. The summed E-state index contributed by atoms with van der Waals surface area (Å²) < 4.78 is 1.27. The van der Waals surface area contributed by atoms with Gasteiger partial charge in [-0.2, -0.15) is 0 Å². The first-order valence-electron chi connectivity index (χ1n) is 16.6. The monoisotopic (exact) mass is 642 g/mol. The molecule has 0 spiro atoms. The van der Waals surface area contributed by atoms with E-state index in [2.05, 4.69) is 183 Å². The number of rotatable bonds is 8. The van der Waals surface area contributed by atoms with Gasteiger partial charge in [-0.05, 0) is 60.9 Å². The zero-order valence-electron chi connectivity index (χ0n) is 27.1. The fourth-order valence-electron chi connectivity index (χ4n) is 6.98. The molecule has 232 valence electrons. The highest BCUT2D eigenvalue weighted by Gasteiger charge is 2.25. The van der Waals surface area contributed by atoms with Gasteiger partial charge in [0.1, 0.15) is 0 Å². The summed E-state index contributed by atoms with van der Waals surface area (Å²) >= 11 is 1.88. The minimum Gasteiger partial charge on any atom is -0.134 e. The lowest BCUT2D eigenvalue weighted by Crippen LogP contribution is -1.93. The fourth-order valence-corrected chi connectivity index (χ4v) is 8.39. The molecule has 0 unspecified atom stereocenters. The van der Waals surface area contributed by atoms with Crippen LogP contribution < -0.4 is 0 Å². The minimum absolute atomic E-state index is 1.06. The van der Waals surface area contributed by atoms with Gasteiger partial charge in [0.05, 0.1) is 0 Å². The summed E-state index contributed by atoms with van der Waals surface area (Å²) in [5.41, 5.74) is 13.2. The number of benzene rings is 7. The third kappa shape index (κ3) is 5.55. The van der Waals surface area contributed by atoms with Gasteiger partial charge in [-0.1, -0.05) is 195 Å². The van der Waals surface area contributed by atoms with Gasteiger partial charge in [0.15, 0.2) is 0 Å². The molecule has 0 N–H and O–H groups in total. The summed E-state index contributed by atoms with van der Waals surface area (Å²) in [4.78, 5) is 1.26. The molecule has 0 amide bonds. The van der Waals surface area contributed by atoms with E-state index in [1.54, 1.807) is 0 Å².